The number of aliphatic hydroxyl groups excluding tert-OH is 1. The van der Waals surface area contributed by atoms with E-state index in [9.17, 15) is 14.7 Å². The predicted octanol–water partition coefficient (Wildman–Crippen LogP) is 1.26. The maximum atomic E-state index is 12.4. The van der Waals surface area contributed by atoms with Crippen LogP contribution in [0.2, 0.25) is 0 Å². The van der Waals surface area contributed by atoms with E-state index >= 15 is 0 Å². The average Bonchev–Trinajstić information content (AvgIpc) is 3.60. The second-order valence-electron chi connectivity index (χ2n) is 10.6. The number of nitrogens with one attached hydrogen (secondary N) is 1. The molecule has 13 heteroatoms. The molecule has 1 aromatic rings. The second kappa shape index (κ2) is 9.52. The van der Waals surface area contributed by atoms with Crippen molar-refractivity contribution in [2.24, 2.45) is 0 Å². The first kappa shape index (κ1) is 25.1. The summed E-state index contributed by atoms with van der Waals surface area (Å²) in [5.74, 6) is -0.557. The Bertz CT molecular complexity index is 1090. The second-order valence-corrected chi connectivity index (χ2v) is 12.0. The lowest BCUT2D eigenvalue weighted by Crippen LogP contribution is -2.49. The van der Waals surface area contributed by atoms with Gasteiger partial charge in [-0.25, -0.2) is 9.46 Å². The lowest BCUT2D eigenvalue weighted by Gasteiger charge is -2.43. The van der Waals surface area contributed by atoms with E-state index in [0.29, 0.717) is 18.5 Å². The van der Waals surface area contributed by atoms with E-state index in [1.165, 1.54) is 10.8 Å². The minimum absolute atomic E-state index is 0.124. The summed E-state index contributed by atoms with van der Waals surface area (Å²) in [7, 11) is -1.52. The molecule has 36 heavy (non-hydrogen) atoms. The Labute approximate surface area is 209 Å². The Kier molecular flexibility index (Phi) is 6.63. The Hall–Kier alpha value is -1.21. The van der Waals surface area contributed by atoms with Crippen LogP contribution >= 0.6 is 8.53 Å². The molecule has 5 fully saturated rings. The third-order valence-corrected chi connectivity index (χ3v) is 9.66. The number of H-pyrrole nitrogens is 1. The first-order valence-corrected chi connectivity index (χ1v) is 13.9. The number of aromatic amines is 1. The highest BCUT2D eigenvalue weighted by Gasteiger charge is 2.61. The van der Waals surface area contributed by atoms with Crippen molar-refractivity contribution in [2.45, 2.75) is 108 Å². The van der Waals surface area contributed by atoms with Crippen LogP contribution in [0.5, 0.6) is 0 Å². The molecule has 4 aliphatic heterocycles. The molecule has 1 spiro atoms. The fourth-order valence-corrected chi connectivity index (χ4v) is 7.67. The van der Waals surface area contributed by atoms with E-state index in [0.717, 1.165) is 25.7 Å². The van der Waals surface area contributed by atoms with Crippen LogP contribution in [-0.2, 0) is 28.0 Å². The third kappa shape index (κ3) is 4.30. The molecular formula is C23H34N3O9P. The Balaban J connectivity index is 1.19. The Morgan fingerprint density at radius 1 is 1.22 bits per heavy atom. The minimum Gasteiger partial charge on any atom is -0.394 e. The van der Waals surface area contributed by atoms with Crippen molar-refractivity contribution in [3.8, 4) is 0 Å². The zero-order chi connectivity index (χ0) is 25.2. The van der Waals surface area contributed by atoms with E-state index in [-0.39, 0.29) is 31.0 Å². The molecule has 0 radical (unpaired) electrons. The highest BCUT2D eigenvalue weighted by molar-refractivity contribution is 7.44. The molecule has 1 aliphatic carbocycles. The maximum Gasteiger partial charge on any atom is 0.330 e. The standard InChI is InChI=1S/C23H34N3O9P/c1-12(2)26-10-15-18(19-21(31-15)33-23(32-19)6-4-5-7-23)35-36(26)34-14-8-17(30-16(14)11-27)25-9-13(3)20(28)24-22(25)29/h9,12,14-19,21,27H,4-8,10-11H2,1-3H3,(H,24,28,29)/t14-,15-,16+,17+,18+,19-,21-,36?/m0/s1. The number of aryl methyl sites for hydroxylation is 1. The molecule has 1 saturated carbocycles. The van der Waals surface area contributed by atoms with Gasteiger partial charge in [-0.05, 0) is 33.6 Å². The topological polar surface area (TPSA) is 134 Å². The lowest BCUT2D eigenvalue weighted by molar-refractivity contribution is -0.231. The van der Waals surface area contributed by atoms with Gasteiger partial charge in [0.1, 0.15) is 30.6 Å². The number of hydrogen-bond acceptors (Lipinski definition) is 10. The van der Waals surface area contributed by atoms with Crippen molar-refractivity contribution in [3.05, 3.63) is 32.6 Å². The Morgan fingerprint density at radius 3 is 2.72 bits per heavy atom. The van der Waals surface area contributed by atoms with Crippen LogP contribution in [0.15, 0.2) is 15.8 Å². The molecule has 12 nitrogen and oxygen atoms in total. The van der Waals surface area contributed by atoms with E-state index in [1.54, 1.807) is 6.92 Å². The van der Waals surface area contributed by atoms with Crippen LogP contribution in [0.1, 0.15) is 57.7 Å². The smallest absolute Gasteiger partial charge is 0.330 e. The number of hydrogen-bond donors (Lipinski definition) is 2. The van der Waals surface area contributed by atoms with Crippen LogP contribution in [0.3, 0.4) is 0 Å². The van der Waals surface area contributed by atoms with Gasteiger partial charge in [-0.2, -0.15) is 0 Å². The van der Waals surface area contributed by atoms with Crippen molar-refractivity contribution < 1.29 is 33.1 Å². The molecule has 0 amide bonds. The molecule has 8 atom stereocenters. The molecule has 1 aromatic heterocycles. The number of ether oxygens (including phenoxy) is 4. The average molecular weight is 528 g/mol. The molecule has 5 heterocycles. The van der Waals surface area contributed by atoms with Gasteiger partial charge in [0.15, 0.2) is 12.1 Å². The Morgan fingerprint density at radius 2 is 2.00 bits per heavy atom. The van der Waals surface area contributed by atoms with Crippen molar-refractivity contribution in [3.63, 3.8) is 0 Å². The minimum atomic E-state index is -1.52. The molecule has 4 saturated heterocycles. The van der Waals surface area contributed by atoms with Crippen LogP contribution in [0, 0.1) is 6.92 Å². The largest absolute Gasteiger partial charge is 0.394 e. The van der Waals surface area contributed by atoms with Crippen molar-refractivity contribution in [2.75, 3.05) is 13.2 Å². The highest BCUT2D eigenvalue weighted by Crippen LogP contribution is 2.57. The van der Waals surface area contributed by atoms with E-state index in [4.69, 9.17) is 28.0 Å². The summed E-state index contributed by atoms with van der Waals surface area (Å²) in [4.78, 5) is 26.5. The molecular weight excluding hydrogens is 493 g/mol. The summed E-state index contributed by atoms with van der Waals surface area (Å²) < 4.78 is 41.3. The molecule has 2 N–H and O–H groups in total. The van der Waals surface area contributed by atoms with Crippen LogP contribution in [-0.4, -0.2) is 81.1 Å². The highest BCUT2D eigenvalue weighted by atomic mass is 31.2. The number of aromatic nitrogens is 2. The summed E-state index contributed by atoms with van der Waals surface area (Å²) in [5.41, 5.74) is -0.598. The fraction of sp³-hybridized carbons (Fsp3) is 0.826. The predicted molar refractivity (Wildman–Crippen MR) is 126 cm³/mol. The van der Waals surface area contributed by atoms with Gasteiger partial charge >= 0.3 is 5.69 Å². The normalized spacial score (nSPS) is 39.8. The quantitative estimate of drug-likeness (QED) is 0.539. The first-order chi connectivity index (χ1) is 17.3. The zero-order valence-corrected chi connectivity index (χ0v) is 21.6. The maximum absolute atomic E-state index is 12.4. The number of fused-ring (bicyclic) bond motifs is 3. The van der Waals surface area contributed by atoms with Gasteiger partial charge in [0, 0.05) is 43.6 Å². The van der Waals surface area contributed by atoms with E-state index in [2.05, 4.69) is 23.5 Å². The van der Waals surface area contributed by atoms with Crippen molar-refractivity contribution in [1.29, 1.82) is 0 Å². The number of rotatable bonds is 5. The monoisotopic (exact) mass is 527 g/mol. The molecule has 0 bridgehead atoms. The summed E-state index contributed by atoms with van der Waals surface area (Å²) in [6, 6.07) is 0.124. The van der Waals surface area contributed by atoms with Gasteiger partial charge in [0.25, 0.3) is 14.1 Å². The van der Waals surface area contributed by atoms with Gasteiger partial charge in [-0.15, -0.1) is 0 Å². The summed E-state index contributed by atoms with van der Waals surface area (Å²) >= 11 is 0. The van der Waals surface area contributed by atoms with Gasteiger partial charge < -0.3 is 33.1 Å². The molecule has 0 aromatic carbocycles. The zero-order valence-electron chi connectivity index (χ0n) is 20.7. The van der Waals surface area contributed by atoms with Crippen molar-refractivity contribution in [1.82, 2.24) is 14.2 Å². The molecule has 6 rings (SSSR count). The number of nitrogens with zero attached hydrogens (tertiary/aromatic N) is 2. The van der Waals surface area contributed by atoms with Crippen LogP contribution in [0.25, 0.3) is 0 Å². The molecule has 5 aliphatic rings. The van der Waals surface area contributed by atoms with Gasteiger partial charge in [-0.1, -0.05) is 0 Å². The summed E-state index contributed by atoms with van der Waals surface area (Å²) in [6.07, 6.45) is 2.61. The van der Waals surface area contributed by atoms with Crippen LogP contribution < -0.4 is 11.2 Å². The van der Waals surface area contributed by atoms with E-state index < -0.39 is 50.3 Å². The first-order valence-electron chi connectivity index (χ1n) is 12.8. The lowest BCUT2D eigenvalue weighted by atomic mass is 10.1. The van der Waals surface area contributed by atoms with E-state index in [1.807, 2.05) is 0 Å². The summed E-state index contributed by atoms with van der Waals surface area (Å²) in [5, 5.41) is 10.0. The molecule has 1 unspecified atom stereocenters. The number of aliphatic hydroxyl groups is 1. The fourth-order valence-electron chi connectivity index (χ4n) is 5.79. The molecule has 200 valence electrons. The van der Waals surface area contributed by atoms with Gasteiger partial charge in [-0.3, -0.25) is 14.3 Å². The van der Waals surface area contributed by atoms with Crippen LogP contribution in [0.4, 0.5) is 0 Å². The third-order valence-electron chi connectivity index (χ3n) is 7.74. The summed E-state index contributed by atoms with van der Waals surface area (Å²) in [6.45, 7) is 6.10. The van der Waals surface area contributed by atoms with Gasteiger partial charge in [0.05, 0.1) is 12.7 Å². The van der Waals surface area contributed by atoms with Crippen molar-refractivity contribution >= 4 is 8.53 Å². The van der Waals surface area contributed by atoms with Gasteiger partial charge in [0.2, 0.25) is 0 Å². The SMILES string of the molecule is Cc1cn([C@H]2C[C@H](OP3O[C@H]4[C@@H]5OC6(CCCC6)O[C@@H]5O[C@H]4CN3C(C)C)[C@@H](CO)O2)c(=O)[nH]c1=O.